The first-order valence-electron chi connectivity index (χ1n) is 8.69. The van der Waals surface area contributed by atoms with Crippen LogP contribution in [0.25, 0.3) is 10.2 Å². The summed E-state index contributed by atoms with van der Waals surface area (Å²) >= 11 is 2.55. The first-order valence-corrected chi connectivity index (χ1v) is 10.5. The molecule has 4 rings (SSSR count). The van der Waals surface area contributed by atoms with Crippen molar-refractivity contribution in [2.45, 2.75) is 6.92 Å². The summed E-state index contributed by atoms with van der Waals surface area (Å²) in [5, 5.41) is 3.75. The first kappa shape index (κ1) is 19.4. The number of amides is 4. The van der Waals surface area contributed by atoms with E-state index in [9.17, 15) is 14.4 Å². The van der Waals surface area contributed by atoms with Gasteiger partial charge in [-0.2, -0.15) is 9.48 Å². The normalized spacial score (nSPS) is 19.3. The van der Waals surface area contributed by atoms with E-state index in [1.54, 1.807) is 14.0 Å². The lowest BCUT2D eigenvalue weighted by molar-refractivity contribution is -0.407. The minimum absolute atomic E-state index is 0.0560. The third-order valence-corrected chi connectivity index (χ3v) is 6.42. The molecule has 2 aliphatic heterocycles. The Morgan fingerprint density at radius 1 is 1.31 bits per heavy atom. The van der Waals surface area contributed by atoms with Gasteiger partial charge in [-0.15, -0.1) is 0 Å². The summed E-state index contributed by atoms with van der Waals surface area (Å²) in [5.41, 5.74) is 0.826. The summed E-state index contributed by atoms with van der Waals surface area (Å²) in [6.07, 6.45) is 0. The Kier molecular flexibility index (Phi) is 5.01. The molecule has 0 saturated carbocycles. The fourth-order valence-corrected chi connectivity index (χ4v) is 4.82. The molecule has 0 aliphatic carbocycles. The fraction of sp³-hybridized carbons (Fsp3) is 0.278. The van der Waals surface area contributed by atoms with Crippen LogP contribution in [-0.4, -0.2) is 68.9 Å². The smallest absolute Gasteiger partial charge is 0.301 e. The molecular formula is C18H17N6O3S2+. The lowest BCUT2D eigenvalue weighted by Gasteiger charge is -2.26. The Morgan fingerprint density at radius 3 is 2.83 bits per heavy atom. The third-order valence-electron chi connectivity index (χ3n) is 4.44. The molecule has 2 aliphatic rings. The molecule has 1 aromatic heterocycles. The lowest BCUT2D eigenvalue weighted by Crippen LogP contribution is -2.54. The molecule has 0 spiro atoms. The summed E-state index contributed by atoms with van der Waals surface area (Å²) in [4.78, 5) is 51.3. The van der Waals surface area contributed by atoms with E-state index >= 15 is 0 Å². The van der Waals surface area contributed by atoms with Gasteiger partial charge in [0.2, 0.25) is 11.7 Å². The minimum atomic E-state index is -0.786. The van der Waals surface area contributed by atoms with Crippen LogP contribution in [0.5, 0.6) is 0 Å². The molecule has 1 N–H and O–H groups in total. The summed E-state index contributed by atoms with van der Waals surface area (Å²) in [6, 6.07) is 7.19. The van der Waals surface area contributed by atoms with Crippen LogP contribution in [0.15, 0.2) is 34.3 Å². The molecule has 0 radical (unpaired) electrons. The zero-order valence-electron chi connectivity index (χ0n) is 15.9. The average molecular weight is 430 g/mol. The van der Waals surface area contributed by atoms with Gasteiger partial charge in [0.25, 0.3) is 5.84 Å². The number of imide groups is 1. The molecule has 0 fully saturated rings. The number of amidine groups is 2. The number of aromatic nitrogens is 1. The van der Waals surface area contributed by atoms with Crippen molar-refractivity contribution < 1.29 is 19.0 Å². The zero-order valence-corrected chi connectivity index (χ0v) is 17.5. The van der Waals surface area contributed by atoms with Crippen molar-refractivity contribution >= 4 is 73.0 Å². The number of urea groups is 1. The second kappa shape index (κ2) is 7.48. The maximum absolute atomic E-state index is 12.7. The van der Waals surface area contributed by atoms with Gasteiger partial charge in [0.1, 0.15) is 5.04 Å². The van der Waals surface area contributed by atoms with Gasteiger partial charge in [0.15, 0.2) is 11.0 Å². The number of benzene rings is 1. The van der Waals surface area contributed by atoms with Crippen LogP contribution in [0, 0.1) is 5.92 Å². The summed E-state index contributed by atoms with van der Waals surface area (Å²) in [6.45, 7) is 1.69. The summed E-state index contributed by atoms with van der Waals surface area (Å²) < 4.78 is 2.33. The predicted octanol–water partition coefficient (Wildman–Crippen LogP) is 2.05. The van der Waals surface area contributed by atoms with Gasteiger partial charge in [-0.3, -0.25) is 9.59 Å². The number of nitrogens with zero attached hydrogens (tertiary/aromatic N) is 5. The van der Waals surface area contributed by atoms with Crippen LogP contribution >= 0.6 is 23.1 Å². The Morgan fingerprint density at radius 2 is 2.07 bits per heavy atom. The van der Waals surface area contributed by atoms with E-state index in [-0.39, 0.29) is 11.7 Å². The highest BCUT2D eigenvalue weighted by atomic mass is 32.2. The Labute approximate surface area is 174 Å². The van der Waals surface area contributed by atoms with Crippen LogP contribution in [0.3, 0.4) is 0 Å². The summed E-state index contributed by atoms with van der Waals surface area (Å²) in [5.74, 6) is -0.620. The number of aliphatic imine (C=N–C) groups is 2. The van der Waals surface area contributed by atoms with Gasteiger partial charge < -0.3 is 5.32 Å². The molecular weight excluding hydrogens is 412 g/mol. The van der Waals surface area contributed by atoms with Gasteiger partial charge in [-0.05, 0) is 12.1 Å². The maximum Gasteiger partial charge on any atom is 0.445 e. The number of para-hydroxylation sites is 1. The molecule has 1 unspecified atom stereocenters. The lowest BCUT2D eigenvalue weighted by atomic mass is 10.1. The Hall–Kier alpha value is -2.92. The van der Waals surface area contributed by atoms with Gasteiger partial charge in [-0.1, -0.05) is 40.2 Å². The monoisotopic (exact) mass is 429 g/mol. The summed E-state index contributed by atoms with van der Waals surface area (Å²) in [7, 11) is 2.99. The molecule has 29 heavy (non-hydrogen) atoms. The molecule has 1 atom stereocenters. The van der Waals surface area contributed by atoms with E-state index in [1.807, 2.05) is 24.3 Å². The average Bonchev–Trinajstić information content (AvgIpc) is 3.10. The highest BCUT2D eigenvalue weighted by Crippen LogP contribution is 2.27. The fourth-order valence-electron chi connectivity index (χ4n) is 3.02. The number of hydrogen-bond donors (Lipinski definition) is 1. The van der Waals surface area contributed by atoms with Crippen molar-refractivity contribution in [1.29, 1.82) is 0 Å². The van der Waals surface area contributed by atoms with Crippen LogP contribution in [0.2, 0.25) is 0 Å². The standard InChI is InChI=1S/C18H16N6O3S2/c1-9-19-14-13(16(26)24(3)18(27)23(14)2)15(20-9)28-8-12(25)22-17-21-10-6-4-5-7-11(10)29-17/h4-7,13H,8H2,1-3H3/p+1. The molecule has 4 amide bonds. The number of nitrogens with one attached hydrogen (secondary N) is 1. The highest BCUT2D eigenvalue weighted by Gasteiger charge is 2.48. The second-order valence-corrected chi connectivity index (χ2v) is 8.49. The number of carbonyl (C=O) groups is 3. The minimum Gasteiger partial charge on any atom is -0.301 e. The molecule has 2 aromatic rings. The van der Waals surface area contributed by atoms with Crippen molar-refractivity contribution in [3.05, 3.63) is 24.3 Å². The SMILES string of the molecule is CC1=NC2=[N+](C)C(=O)N(C)C(=O)C2C(SCC(=O)Nc2nc3ccccc3s2)=N1. The second-order valence-electron chi connectivity index (χ2n) is 6.46. The van der Waals surface area contributed by atoms with Crippen molar-refractivity contribution in [3.8, 4) is 0 Å². The number of thiazole rings is 1. The number of carbonyl (C=O) groups excluding carboxylic acids is 3. The van der Waals surface area contributed by atoms with Crippen molar-refractivity contribution in [2.24, 2.45) is 15.9 Å². The van der Waals surface area contributed by atoms with Crippen molar-refractivity contribution in [2.75, 3.05) is 25.2 Å². The van der Waals surface area contributed by atoms with Crippen molar-refractivity contribution in [1.82, 2.24) is 9.88 Å². The van der Waals surface area contributed by atoms with Crippen LogP contribution < -0.4 is 5.32 Å². The molecule has 9 nitrogen and oxygen atoms in total. The van der Waals surface area contributed by atoms with Crippen molar-refractivity contribution in [3.63, 3.8) is 0 Å². The number of thioether (sulfide) groups is 1. The topological polar surface area (TPSA) is 107 Å². The Balaban J connectivity index is 1.50. The molecule has 0 saturated heterocycles. The van der Waals surface area contributed by atoms with E-state index in [1.165, 1.54) is 23.0 Å². The van der Waals surface area contributed by atoms with Gasteiger partial charge in [-0.25, -0.2) is 14.8 Å². The molecule has 3 heterocycles. The molecule has 0 bridgehead atoms. The van der Waals surface area contributed by atoms with E-state index < -0.39 is 17.9 Å². The molecule has 11 heteroatoms. The van der Waals surface area contributed by atoms with Gasteiger partial charge in [0, 0.05) is 6.92 Å². The first-order chi connectivity index (χ1) is 13.8. The molecule has 1 aromatic carbocycles. The number of anilines is 1. The predicted molar refractivity (Wildman–Crippen MR) is 114 cm³/mol. The zero-order chi connectivity index (χ0) is 20.7. The maximum atomic E-state index is 12.7. The quantitative estimate of drug-likeness (QED) is 0.752. The highest BCUT2D eigenvalue weighted by molar-refractivity contribution is 8.14. The van der Waals surface area contributed by atoms with E-state index in [0.717, 1.165) is 26.9 Å². The van der Waals surface area contributed by atoms with E-state index in [0.29, 0.717) is 21.8 Å². The van der Waals surface area contributed by atoms with E-state index in [4.69, 9.17) is 0 Å². The van der Waals surface area contributed by atoms with Crippen LogP contribution in [-0.2, 0) is 9.59 Å². The van der Waals surface area contributed by atoms with Gasteiger partial charge >= 0.3 is 11.9 Å². The third kappa shape index (κ3) is 3.58. The van der Waals surface area contributed by atoms with E-state index in [2.05, 4.69) is 20.3 Å². The number of fused-ring (bicyclic) bond motifs is 2. The van der Waals surface area contributed by atoms with Gasteiger partial charge in [0.05, 0.1) is 30.1 Å². The largest absolute Gasteiger partial charge is 0.445 e. The molecule has 148 valence electrons. The number of rotatable bonds is 3. The Bertz CT molecular complexity index is 1120. The van der Waals surface area contributed by atoms with Crippen LogP contribution in [0.4, 0.5) is 9.93 Å². The number of hydrogen-bond acceptors (Lipinski definition) is 8. The van der Waals surface area contributed by atoms with Crippen LogP contribution in [0.1, 0.15) is 6.92 Å².